The lowest BCUT2D eigenvalue weighted by Crippen LogP contribution is -2.09. The number of carbonyl (C=O) groups excluding carboxylic acids is 1. The lowest BCUT2D eigenvalue weighted by Gasteiger charge is -2.10. The predicted octanol–water partition coefficient (Wildman–Crippen LogP) is 6.82. The summed E-state index contributed by atoms with van der Waals surface area (Å²) in [5.74, 6) is 11.2. The highest BCUT2D eigenvalue weighted by molar-refractivity contribution is 6.36. The highest BCUT2D eigenvalue weighted by Crippen LogP contribution is 2.30. The second kappa shape index (κ2) is 16.1. The fourth-order valence-electron chi connectivity index (χ4n) is 6.04. The molecule has 0 saturated heterocycles. The number of phenols is 2. The van der Waals surface area contributed by atoms with Gasteiger partial charge in [-0.25, -0.2) is 8.63 Å². The number of hydrogen-bond donors (Lipinski definition) is 4. The van der Waals surface area contributed by atoms with E-state index in [9.17, 15) is 23.6 Å². The first kappa shape index (κ1) is 35.5. The van der Waals surface area contributed by atoms with Crippen molar-refractivity contribution in [2.45, 2.75) is 53.4 Å². The Morgan fingerprint density at radius 2 is 1.18 bits per heavy atom. The predicted molar refractivity (Wildman–Crippen MR) is 194 cm³/mol. The molecule has 0 atom stereocenters. The second-order valence-electron chi connectivity index (χ2n) is 11.4. The van der Waals surface area contributed by atoms with Crippen molar-refractivity contribution in [1.82, 2.24) is 9.97 Å². The molecule has 0 unspecified atom stereocenters. The van der Waals surface area contributed by atoms with Crippen LogP contribution in [0, 0.1) is 23.7 Å². The molecule has 1 aliphatic rings. The molecule has 11 heteroatoms. The number of rotatable bonds is 6. The van der Waals surface area contributed by atoms with Gasteiger partial charge in [0.1, 0.15) is 17.3 Å². The topological polar surface area (TPSA) is 123 Å². The van der Waals surface area contributed by atoms with Crippen LogP contribution in [0.4, 0.5) is 8.63 Å². The number of nitrogens with zero attached hydrogens (tertiary/aromatic N) is 2. The zero-order valence-electron chi connectivity index (χ0n) is 28.4. The maximum absolute atomic E-state index is 13.9. The minimum absolute atomic E-state index is 0.0440. The summed E-state index contributed by atoms with van der Waals surface area (Å²) in [4.78, 5) is 29.0. The maximum atomic E-state index is 13.9. The Balaban J connectivity index is 1.73. The summed E-state index contributed by atoms with van der Waals surface area (Å²) < 4.78 is 32.8. The summed E-state index contributed by atoms with van der Waals surface area (Å²) in [6.07, 6.45) is 6.18. The van der Waals surface area contributed by atoms with Gasteiger partial charge in [0.05, 0.1) is 47.0 Å². The number of halogens is 2. The Kier molecular flexibility index (Phi) is 11.4. The number of phenolic OH excluding ortho intramolecular Hbond substituents is 2. The molecule has 8 bridgehead atoms. The number of aliphatic imine (C=N–C) groups is 2. The third-order valence-electron chi connectivity index (χ3n) is 8.42. The van der Waals surface area contributed by atoms with Gasteiger partial charge in [0.2, 0.25) is 5.78 Å². The molecule has 0 amide bonds. The molecule has 0 spiro atoms. The summed E-state index contributed by atoms with van der Waals surface area (Å²) in [6, 6.07) is 10.3. The second-order valence-corrected chi connectivity index (χ2v) is 11.4. The molecule has 2 aromatic heterocycles. The Bertz CT molecular complexity index is 2140. The first-order chi connectivity index (χ1) is 24.2. The van der Waals surface area contributed by atoms with E-state index in [4.69, 9.17) is 4.65 Å². The van der Waals surface area contributed by atoms with Crippen LogP contribution in [0.15, 0.2) is 52.5 Å². The Labute approximate surface area is 290 Å². The minimum Gasteiger partial charge on any atom is -0.506 e. The van der Waals surface area contributed by atoms with Gasteiger partial charge in [0.15, 0.2) is 0 Å². The van der Waals surface area contributed by atoms with Crippen molar-refractivity contribution in [2.75, 3.05) is 13.1 Å². The van der Waals surface area contributed by atoms with Crippen LogP contribution >= 0.6 is 0 Å². The minimum atomic E-state index is -3.20. The van der Waals surface area contributed by atoms with E-state index < -0.39 is 13.3 Å². The molecule has 50 heavy (non-hydrogen) atoms. The average Bonchev–Trinajstić information content (AvgIpc) is 3.66. The zero-order valence-corrected chi connectivity index (χ0v) is 28.4. The number of benzene rings is 2. The SMILES string of the molecule is CCc1c2[nH]c(c1CC)C(=O)/C=C(/OB(F)F)c1[nH]c(c(CC)c1CC)C#Cc1cccc(c1O)C=NCCN=Cc1cccc(c1O)C#C2. The van der Waals surface area contributed by atoms with Crippen molar-refractivity contribution >= 4 is 31.4 Å². The molecule has 254 valence electrons. The van der Waals surface area contributed by atoms with Gasteiger partial charge in [0.25, 0.3) is 0 Å². The molecule has 3 heterocycles. The third kappa shape index (κ3) is 7.58. The number of ketones is 1. The monoisotopic (exact) mass is 674 g/mol. The molecule has 8 nitrogen and oxygen atoms in total. The normalized spacial score (nSPS) is 14.0. The lowest BCUT2D eigenvalue weighted by molar-refractivity contribution is 0.104. The van der Waals surface area contributed by atoms with Crippen LogP contribution in [-0.2, 0) is 30.3 Å². The standard InChI is InChI=1S/C39H37BF2N4O4/c1-5-28-30(7-3)36-34(47)21-35(50-40(41)42)37-31(8-4)29(6-2)33(46-37)18-16-25-12-10-14-27(39(25)49)23-44-20-19-43-22-26-13-9-11-24(38(26)48)15-17-32(28)45-36/h9-14,21-23,45-46,48-49H,5-8,19-20H2,1-4H3/b35-21+,43-22?,44-23?. The summed E-state index contributed by atoms with van der Waals surface area (Å²) >= 11 is 0. The number of nitrogens with one attached hydrogen (secondary N) is 2. The number of allylic oxidation sites excluding steroid dienone is 1. The molecule has 0 fully saturated rings. The van der Waals surface area contributed by atoms with Crippen LogP contribution in [0.1, 0.15) is 99.8 Å². The van der Waals surface area contributed by atoms with Crippen molar-refractivity contribution in [3.8, 4) is 35.2 Å². The van der Waals surface area contributed by atoms with E-state index in [2.05, 4.69) is 43.6 Å². The van der Waals surface area contributed by atoms with Crippen molar-refractivity contribution in [1.29, 1.82) is 0 Å². The first-order valence-corrected chi connectivity index (χ1v) is 16.6. The highest BCUT2D eigenvalue weighted by atomic mass is 19.2. The van der Waals surface area contributed by atoms with E-state index in [-0.39, 0.29) is 28.6 Å². The van der Waals surface area contributed by atoms with Crippen LogP contribution in [0.25, 0.3) is 5.76 Å². The Morgan fingerprint density at radius 1 is 0.720 bits per heavy atom. The van der Waals surface area contributed by atoms with Gasteiger partial charge in [-0.3, -0.25) is 14.8 Å². The van der Waals surface area contributed by atoms with E-state index in [1.807, 2.05) is 27.7 Å². The van der Waals surface area contributed by atoms with Gasteiger partial charge in [0, 0.05) is 29.6 Å². The largest absolute Gasteiger partial charge is 0.796 e. The molecular formula is C39H37BF2N4O4. The molecule has 0 aliphatic carbocycles. The number of H-pyrrole nitrogens is 2. The smallest absolute Gasteiger partial charge is 0.506 e. The number of aromatic amines is 2. The fraction of sp³-hybridized carbons (Fsp3) is 0.256. The van der Waals surface area contributed by atoms with Crippen molar-refractivity contribution in [3.05, 3.63) is 110 Å². The van der Waals surface area contributed by atoms with Gasteiger partial charge in [-0.05, 0) is 84.0 Å². The highest BCUT2D eigenvalue weighted by Gasteiger charge is 2.27. The van der Waals surface area contributed by atoms with Crippen LogP contribution in [0.5, 0.6) is 11.5 Å². The van der Waals surface area contributed by atoms with E-state index in [0.29, 0.717) is 83.5 Å². The van der Waals surface area contributed by atoms with Crippen molar-refractivity contribution < 1.29 is 28.3 Å². The quantitative estimate of drug-likeness (QED) is 0.133. The molecule has 1 aliphatic heterocycles. The van der Waals surface area contributed by atoms with Gasteiger partial charge in [-0.1, -0.05) is 51.7 Å². The molecule has 5 rings (SSSR count). The molecule has 4 aromatic rings. The summed E-state index contributed by atoms with van der Waals surface area (Å²) in [5, 5.41) is 21.9. The summed E-state index contributed by atoms with van der Waals surface area (Å²) in [7, 11) is -3.20. The van der Waals surface area contributed by atoms with E-state index >= 15 is 0 Å². The van der Waals surface area contributed by atoms with Crippen LogP contribution in [0.2, 0.25) is 0 Å². The number of carbonyl (C=O) groups is 1. The average molecular weight is 675 g/mol. The zero-order chi connectivity index (χ0) is 35.8. The summed E-state index contributed by atoms with van der Waals surface area (Å²) in [5.41, 5.74) is 6.08. The number of para-hydroxylation sites is 2. The van der Waals surface area contributed by atoms with E-state index in [1.165, 1.54) is 0 Å². The van der Waals surface area contributed by atoms with Gasteiger partial charge in [-0.15, -0.1) is 0 Å². The van der Waals surface area contributed by atoms with Crippen LogP contribution in [0.3, 0.4) is 0 Å². The van der Waals surface area contributed by atoms with Crippen molar-refractivity contribution in [2.24, 2.45) is 9.98 Å². The van der Waals surface area contributed by atoms with Crippen LogP contribution < -0.4 is 0 Å². The van der Waals surface area contributed by atoms with Gasteiger partial charge < -0.3 is 24.8 Å². The Hall–Kier alpha value is -5.81. The fourth-order valence-corrected chi connectivity index (χ4v) is 6.04. The summed E-state index contributed by atoms with van der Waals surface area (Å²) in [6.45, 7) is 8.33. The molecule has 4 N–H and O–H groups in total. The number of hydrogen-bond acceptors (Lipinski definition) is 6. The van der Waals surface area contributed by atoms with E-state index in [0.717, 1.165) is 17.2 Å². The number of aromatic hydroxyl groups is 2. The van der Waals surface area contributed by atoms with Crippen LogP contribution in [-0.4, -0.2) is 59.0 Å². The van der Waals surface area contributed by atoms with Crippen molar-refractivity contribution in [3.63, 3.8) is 0 Å². The lowest BCUT2D eigenvalue weighted by atomic mass is 10.00. The number of aromatic nitrogens is 2. The van der Waals surface area contributed by atoms with Gasteiger partial charge >= 0.3 is 7.47 Å². The van der Waals surface area contributed by atoms with E-state index in [1.54, 1.807) is 48.8 Å². The third-order valence-corrected chi connectivity index (χ3v) is 8.42. The molecular weight excluding hydrogens is 637 g/mol. The Morgan fingerprint density at radius 3 is 1.64 bits per heavy atom. The molecule has 0 radical (unpaired) electrons. The molecule has 0 saturated carbocycles. The maximum Gasteiger partial charge on any atom is 0.796 e. The number of fused-ring (bicyclic) bond motifs is 8. The molecule has 2 aromatic carbocycles. The van der Waals surface area contributed by atoms with Gasteiger partial charge in [-0.2, -0.15) is 0 Å². The first-order valence-electron chi connectivity index (χ1n) is 16.6.